The van der Waals surface area contributed by atoms with Crippen molar-refractivity contribution in [2.45, 2.75) is 45.1 Å². The predicted molar refractivity (Wildman–Crippen MR) is 74.5 cm³/mol. The van der Waals surface area contributed by atoms with Gasteiger partial charge in [-0.2, -0.15) is 0 Å². The Morgan fingerprint density at radius 1 is 1.35 bits per heavy atom. The van der Waals surface area contributed by atoms with Crippen LogP contribution in [-0.4, -0.2) is 0 Å². The summed E-state index contributed by atoms with van der Waals surface area (Å²) in [4.78, 5) is 0. The number of benzene rings is 1. The van der Waals surface area contributed by atoms with E-state index in [0.29, 0.717) is 0 Å². The maximum Gasteiger partial charge on any atom is 0.0460 e. The van der Waals surface area contributed by atoms with Gasteiger partial charge in [0.25, 0.3) is 0 Å². The molecule has 0 saturated heterocycles. The Labute approximate surface area is 105 Å². The van der Waals surface area contributed by atoms with E-state index in [2.05, 4.69) is 43.2 Å². The van der Waals surface area contributed by atoms with Crippen LogP contribution in [0.2, 0.25) is 0 Å². The number of nitrogens with two attached hydrogens (primary N) is 1. The van der Waals surface area contributed by atoms with Crippen LogP contribution in [-0.2, 0) is 0 Å². The van der Waals surface area contributed by atoms with Gasteiger partial charge in [0.2, 0.25) is 0 Å². The van der Waals surface area contributed by atoms with Gasteiger partial charge in [0.1, 0.15) is 0 Å². The minimum Gasteiger partial charge on any atom is -0.271 e. The summed E-state index contributed by atoms with van der Waals surface area (Å²) in [7, 11) is 0. The van der Waals surface area contributed by atoms with E-state index in [4.69, 9.17) is 5.84 Å². The molecule has 0 bridgehead atoms. The standard InChI is InChI=1S/C15H24N2/c1-3-4-5-6-7-11-15(17-16)14-10-8-9-13(2)12-14/h3,8-10,12,15,17H,1,4-7,11,16H2,2H3. The highest BCUT2D eigenvalue weighted by Gasteiger charge is 2.08. The van der Waals surface area contributed by atoms with Crippen LogP contribution < -0.4 is 11.3 Å². The largest absolute Gasteiger partial charge is 0.271 e. The first kappa shape index (κ1) is 13.9. The van der Waals surface area contributed by atoms with E-state index in [1.165, 1.54) is 30.4 Å². The Bertz CT molecular complexity index is 333. The normalized spacial score (nSPS) is 12.4. The molecular weight excluding hydrogens is 208 g/mol. The fraction of sp³-hybridized carbons (Fsp3) is 0.467. The molecule has 0 amide bonds. The Morgan fingerprint density at radius 2 is 2.18 bits per heavy atom. The van der Waals surface area contributed by atoms with Crippen LogP contribution in [0.3, 0.4) is 0 Å². The van der Waals surface area contributed by atoms with E-state index in [9.17, 15) is 0 Å². The van der Waals surface area contributed by atoms with Crippen LogP contribution in [0, 0.1) is 6.92 Å². The maximum absolute atomic E-state index is 5.63. The van der Waals surface area contributed by atoms with E-state index < -0.39 is 0 Å². The number of rotatable bonds is 8. The number of nitrogens with one attached hydrogen (secondary N) is 1. The second-order valence-electron chi connectivity index (χ2n) is 4.56. The maximum atomic E-state index is 5.63. The van der Waals surface area contributed by atoms with Crippen molar-refractivity contribution in [3.63, 3.8) is 0 Å². The second kappa shape index (κ2) is 8.04. The van der Waals surface area contributed by atoms with Gasteiger partial charge in [-0.3, -0.25) is 11.3 Å². The molecule has 0 heterocycles. The Kier molecular flexibility index (Phi) is 6.60. The summed E-state index contributed by atoms with van der Waals surface area (Å²) in [5.74, 6) is 5.63. The molecule has 3 N–H and O–H groups in total. The third kappa shape index (κ3) is 5.16. The molecule has 0 radical (unpaired) electrons. The zero-order valence-corrected chi connectivity index (χ0v) is 10.8. The van der Waals surface area contributed by atoms with E-state index in [1.54, 1.807) is 0 Å². The Hall–Kier alpha value is -1.12. The van der Waals surface area contributed by atoms with Crippen molar-refractivity contribution in [3.05, 3.63) is 48.0 Å². The molecule has 0 aromatic heterocycles. The van der Waals surface area contributed by atoms with Gasteiger partial charge >= 0.3 is 0 Å². The van der Waals surface area contributed by atoms with Gasteiger partial charge in [-0.05, 0) is 31.7 Å². The molecular formula is C15H24N2. The topological polar surface area (TPSA) is 38.0 Å². The van der Waals surface area contributed by atoms with Crippen LogP contribution in [0.25, 0.3) is 0 Å². The van der Waals surface area contributed by atoms with Gasteiger partial charge in [-0.25, -0.2) is 0 Å². The molecule has 0 aliphatic carbocycles. The Morgan fingerprint density at radius 3 is 2.82 bits per heavy atom. The molecule has 1 aromatic carbocycles. The Balaban J connectivity index is 2.40. The molecule has 1 aromatic rings. The van der Waals surface area contributed by atoms with Crippen LogP contribution in [0.15, 0.2) is 36.9 Å². The second-order valence-corrected chi connectivity index (χ2v) is 4.56. The molecule has 0 aliphatic rings. The van der Waals surface area contributed by atoms with Gasteiger partial charge in [-0.15, -0.1) is 6.58 Å². The molecule has 1 rings (SSSR count). The van der Waals surface area contributed by atoms with Gasteiger partial charge in [0.15, 0.2) is 0 Å². The SMILES string of the molecule is C=CCCCCCC(NN)c1cccc(C)c1. The number of hydrazine groups is 1. The van der Waals surface area contributed by atoms with E-state index in [0.717, 1.165) is 12.8 Å². The molecule has 0 aliphatic heterocycles. The summed E-state index contributed by atoms with van der Waals surface area (Å²) in [5, 5.41) is 0. The number of unbranched alkanes of at least 4 members (excludes halogenated alkanes) is 3. The minimum atomic E-state index is 0.277. The quantitative estimate of drug-likeness (QED) is 0.311. The van der Waals surface area contributed by atoms with Gasteiger partial charge in [-0.1, -0.05) is 48.7 Å². The molecule has 17 heavy (non-hydrogen) atoms. The summed E-state index contributed by atoms with van der Waals surface area (Å²) in [5.41, 5.74) is 5.49. The van der Waals surface area contributed by atoms with Crippen LogP contribution in [0.4, 0.5) is 0 Å². The van der Waals surface area contributed by atoms with E-state index in [1.807, 2.05) is 6.08 Å². The fourth-order valence-electron chi connectivity index (χ4n) is 2.05. The van der Waals surface area contributed by atoms with Crippen molar-refractivity contribution < 1.29 is 0 Å². The molecule has 0 spiro atoms. The number of aryl methyl sites for hydroxylation is 1. The molecule has 2 heteroatoms. The summed E-state index contributed by atoms with van der Waals surface area (Å²) in [6, 6.07) is 8.82. The molecule has 0 fully saturated rings. The van der Waals surface area contributed by atoms with E-state index in [-0.39, 0.29) is 6.04 Å². The highest BCUT2D eigenvalue weighted by atomic mass is 15.2. The lowest BCUT2D eigenvalue weighted by Crippen LogP contribution is -2.28. The summed E-state index contributed by atoms with van der Waals surface area (Å²) in [6.45, 7) is 5.85. The van der Waals surface area contributed by atoms with Gasteiger partial charge in [0.05, 0.1) is 0 Å². The highest BCUT2D eigenvalue weighted by Crippen LogP contribution is 2.20. The molecule has 1 atom stereocenters. The smallest absolute Gasteiger partial charge is 0.0460 e. The average Bonchev–Trinajstić information content (AvgIpc) is 2.34. The van der Waals surface area contributed by atoms with Crippen LogP contribution in [0.5, 0.6) is 0 Å². The first-order chi connectivity index (χ1) is 8.27. The zero-order chi connectivity index (χ0) is 12.5. The molecule has 2 nitrogen and oxygen atoms in total. The lowest BCUT2D eigenvalue weighted by Gasteiger charge is -2.16. The zero-order valence-electron chi connectivity index (χ0n) is 10.8. The lowest BCUT2D eigenvalue weighted by atomic mass is 9.99. The summed E-state index contributed by atoms with van der Waals surface area (Å²) >= 11 is 0. The average molecular weight is 232 g/mol. The number of hydrogen-bond acceptors (Lipinski definition) is 2. The predicted octanol–water partition coefficient (Wildman–Crippen LogP) is 3.64. The summed E-state index contributed by atoms with van der Waals surface area (Å²) in [6.07, 6.45) is 7.88. The lowest BCUT2D eigenvalue weighted by molar-refractivity contribution is 0.484. The van der Waals surface area contributed by atoms with E-state index >= 15 is 0 Å². The van der Waals surface area contributed by atoms with Gasteiger partial charge < -0.3 is 0 Å². The third-order valence-corrected chi connectivity index (χ3v) is 3.05. The number of hydrogen-bond donors (Lipinski definition) is 2. The summed E-state index contributed by atoms with van der Waals surface area (Å²) < 4.78 is 0. The number of allylic oxidation sites excluding steroid dienone is 1. The first-order valence-electron chi connectivity index (χ1n) is 6.41. The first-order valence-corrected chi connectivity index (χ1v) is 6.41. The minimum absolute atomic E-state index is 0.277. The van der Waals surface area contributed by atoms with Crippen molar-refractivity contribution in [1.29, 1.82) is 0 Å². The van der Waals surface area contributed by atoms with Gasteiger partial charge in [0, 0.05) is 6.04 Å². The van der Waals surface area contributed by atoms with Crippen molar-refractivity contribution in [1.82, 2.24) is 5.43 Å². The van der Waals surface area contributed by atoms with Crippen molar-refractivity contribution in [2.75, 3.05) is 0 Å². The van der Waals surface area contributed by atoms with Crippen molar-refractivity contribution >= 4 is 0 Å². The van der Waals surface area contributed by atoms with Crippen LogP contribution >= 0.6 is 0 Å². The van der Waals surface area contributed by atoms with Crippen LogP contribution in [0.1, 0.15) is 49.3 Å². The van der Waals surface area contributed by atoms with Crippen molar-refractivity contribution in [3.8, 4) is 0 Å². The molecule has 1 unspecified atom stereocenters. The third-order valence-electron chi connectivity index (χ3n) is 3.05. The monoisotopic (exact) mass is 232 g/mol. The van der Waals surface area contributed by atoms with Crippen molar-refractivity contribution in [2.24, 2.45) is 5.84 Å². The molecule has 94 valence electrons. The highest BCUT2D eigenvalue weighted by molar-refractivity contribution is 5.24. The fourth-order valence-corrected chi connectivity index (χ4v) is 2.05. The molecule has 0 saturated carbocycles.